The molecular formula is C9H17N3O2. The highest BCUT2D eigenvalue weighted by molar-refractivity contribution is 5.79. The van der Waals surface area contributed by atoms with Gasteiger partial charge < -0.3 is 9.64 Å². The van der Waals surface area contributed by atoms with Crippen molar-refractivity contribution >= 4 is 12.2 Å². The summed E-state index contributed by atoms with van der Waals surface area (Å²) < 4.78 is 5.21. The summed E-state index contributed by atoms with van der Waals surface area (Å²) in [7, 11) is 3.69. The summed E-state index contributed by atoms with van der Waals surface area (Å²) in [6.07, 6.45) is 3.40. The van der Waals surface area contributed by atoms with Crippen molar-refractivity contribution in [2.45, 2.75) is 12.8 Å². The molecule has 1 aliphatic rings. The molecular weight excluding hydrogens is 182 g/mol. The Hall–Kier alpha value is -1.10. The molecule has 80 valence electrons. The van der Waals surface area contributed by atoms with Crippen LogP contribution in [0.3, 0.4) is 0 Å². The fraction of sp³-hybridized carbons (Fsp3) is 0.778. The number of carbonyl (C=O) groups excluding carboxylic acids is 1. The number of hydrogen-bond donors (Lipinski definition) is 1. The van der Waals surface area contributed by atoms with Gasteiger partial charge in [-0.05, 0) is 12.8 Å². The summed E-state index contributed by atoms with van der Waals surface area (Å²) in [6, 6.07) is 0. The molecule has 1 atom stereocenters. The summed E-state index contributed by atoms with van der Waals surface area (Å²) in [5.41, 5.74) is 2.49. The Morgan fingerprint density at radius 3 is 3.00 bits per heavy atom. The Morgan fingerprint density at radius 1 is 1.64 bits per heavy atom. The average Bonchev–Trinajstić information content (AvgIpc) is 2.18. The molecule has 0 spiro atoms. The Kier molecular flexibility index (Phi) is 4.39. The zero-order valence-corrected chi connectivity index (χ0v) is 8.69. The third kappa shape index (κ3) is 3.74. The lowest BCUT2D eigenvalue weighted by Gasteiger charge is -2.19. The molecule has 1 rings (SSSR count). The number of nitrogens with one attached hydrogen (secondary N) is 1. The van der Waals surface area contributed by atoms with Crippen LogP contribution in [0.5, 0.6) is 0 Å². The lowest BCUT2D eigenvalue weighted by molar-refractivity contribution is -0.128. The van der Waals surface area contributed by atoms with Crippen molar-refractivity contribution in [3.05, 3.63) is 0 Å². The lowest BCUT2D eigenvalue weighted by atomic mass is 10.0. The average molecular weight is 199 g/mol. The molecule has 14 heavy (non-hydrogen) atoms. The Morgan fingerprint density at radius 2 is 2.43 bits per heavy atom. The van der Waals surface area contributed by atoms with Gasteiger partial charge in [-0.3, -0.25) is 4.79 Å². The molecule has 1 amide bonds. The predicted molar refractivity (Wildman–Crippen MR) is 53.9 cm³/mol. The number of carbonyl (C=O) groups is 1. The van der Waals surface area contributed by atoms with E-state index < -0.39 is 0 Å². The second-order valence-electron chi connectivity index (χ2n) is 3.60. The van der Waals surface area contributed by atoms with Crippen molar-refractivity contribution in [3.8, 4) is 0 Å². The monoisotopic (exact) mass is 199 g/mol. The molecule has 5 heteroatoms. The minimum Gasteiger partial charge on any atom is -0.381 e. The number of hydrazone groups is 1. The molecule has 1 fully saturated rings. The number of rotatable bonds is 3. The largest absolute Gasteiger partial charge is 0.381 e. The van der Waals surface area contributed by atoms with Crippen molar-refractivity contribution < 1.29 is 9.53 Å². The van der Waals surface area contributed by atoms with E-state index in [9.17, 15) is 4.79 Å². The number of amides is 1. The minimum absolute atomic E-state index is 0.0388. The van der Waals surface area contributed by atoms with Gasteiger partial charge in [0.15, 0.2) is 0 Å². The Labute approximate surface area is 84.1 Å². The van der Waals surface area contributed by atoms with E-state index in [1.54, 1.807) is 11.2 Å². The summed E-state index contributed by atoms with van der Waals surface area (Å²) in [5, 5.41) is 3.79. The fourth-order valence-electron chi connectivity index (χ4n) is 1.25. The first-order valence-corrected chi connectivity index (χ1v) is 4.77. The van der Waals surface area contributed by atoms with Crippen LogP contribution in [-0.2, 0) is 9.53 Å². The van der Waals surface area contributed by atoms with Crippen LogP contribution in [-0.4, -0.2) is 44.5 Å². The van der Waals surface area contributed by atoms with E-state index in [0.29, 0.717) is 6.61 Å². The molecule has 0 aromatic heterocycles. The molecule has 0 saturated carbocycles. The summed E-state index contributed by atoms with van der Waals surface area (Å²) in [5.74, 6) is -0.0918. The van der Waals surface area contributed by atoms with Gasteiger partial charge in [0, 0.05) is 20.7 Å². The second-order valence-corrected chi connectivity index (χ2v) is 3.60. The summed E-state index contributed by atoms with van der Waals surface area (Å²) >= 11 is 0. The third-order valence-electron chi connectivity index (χ3n) is 1.99. The molecule has 0 aromatic carbocycles. The van der Waals surface area contributed by atoms with Gasteiger partial charge in [-0.15, -0.1) is 0 Å². The van der Waals surface area contributed by atoms with Gasteiger partial charge >= 0.3 is 0 Å². The molecule has 0 radical (unpaired) electrons. The van der Waals surface area contributed by atoms with Gasteiger partial charge in [0.1, 0.15) is 6.34 Å². The van der Waals surface area contributed by atoms with Gasteiger partial charge in [0.25, 0.3) is 0 Å². The molecule has 1 aliphatic heterocycles. The first-order chi connectivity index (χ1) is 6.70. The standard InChI is InChI=1S/C9H17N3O2/c1-12(2)7-10-11-9(13)8-4-3-5-14-6-8/h7-8H,3-6H2,1-2H3,(H,11,13). The SMILES string of the molecule is CN(C)C=NNC(=O)C1CCCOC1. The van der Waals surface area contributed by atoms with Gasteiger partial charge in [-0.1, -0.05) is 0 Å². The fourth-order valence-corrected chi connectivity index (χ4v) is 1.25. The molecule has 1 heterocycles. The van der Waals surface area contributed by atoms with E-state index in [-0.39, 0.29) is 11.8 Å². The van der Waals surface area contributed by atoms with Crippen LogP contribution in [0.2, 0.25) is 0 Å². The normalized spacial score (nSPS) is 22.3. The molecule has 0 bridgehead atoms. The van der Waals surface area contributed by atoms with Crippen molar-refractivity contribution in [3.63, 3.8) is 0 Å². The van der Waals surface area contributed by atoms with E-state index in [4.69, 9.17) is 4.74 Å². The maximum Gasteiger partial charge on any atom is 0.245 e. The quantitative estimate of drug-likeness (QED) is 0.396. The van der Waals surface area contributed by atoms with Gasteiger partial charge in [-0.25, -0.2) is 5.43 Å². The van der Waals surface area contributed by atoms with E-state index in [2.05, 4.69) is 10.5 Å². The summed E-state index contributed by atoms with van der Waals surface area (Å²) in [4.78, 5) is 13.2. The van der Waals surface area contributed by atoms with Crippen LogP contribution in [0, 0.1) is 5.92 Å². The maximum absolute atomic E-state index is 11.5. The predicted octanol–water partition coefficient (Wildman–Crippen LogP) is 0.0341. The third-order valence-corrected chi connectivity index (χ3v) is 1.99. The maximum atomic E-state index is 11.5. The molecule has 1 unspecified atom stereocenters. The first kappa shape index (κ1) is 11.0. The highest BCUT2D eigenvalue weighted by Crippen LogP contribution is 2.12. The van der Waals surface area contributed by atoms with E-state index in [1.165, 1.54) is 0 Å². The van der Waals surface area contributed by atoms with Crippen LogP contribution in [0.15, 0.2) is 5.10 Å². The van der Waals surface area contributed by atoms with E-state index in [1.807, 2.05) is 14.1 Å². The molecule has 1 saturated heterocycles. The van der Waals surface area contributed by atoms with Crippen LogP contribution in [0.25, 0.3) is 0 Å². The molecule has 0 aromatic rings. The second kappa shape index (κ2) is 5.59. The number of nitrogens with zero attached hydrogens (tertiary/aromatic N) is 2. The molecule has 5 nitrogen and oxygen atoms in total. The zero-order chi connectivity index (χ0) is 10.4. The van der Waals surface area contributed by atoms with Crippen LogP contribution < -0.4 is 5.43 Å². The lowest BCUT2D eigenvalue weighted by Crippen LogP contribution is -2.33. The van der Waals surface area contributed by atoms with Crippen LogP contribution in [0.4, 0.5) is 0 Å². The smallest absolute Gasteiger partial charge is 0.245 e. The molecule has 1 N–H and O–H groups in total. The van der Waals surface area contributed by atoms with E-state index >= 15 is 0 Å². The number of ether oxygens (including phenoxy) is 1. The first-order valence-electron chi connectivity index (χ1n) is 4.77. The topological polar surface area (TPSA) is 53.9 Å². The van der Waals surface area contributed by atoms with Crippen molar-refractivity contribution in [2.75, 3.05) is 27.3 Å². The Bertz CT molecular complexity index is 210. The minimum atomic E-state index is -0.0530. The highest BCUT2D eigenvalue weighted by Gasteiger charge is 2.21. The van der Waals surface area contributed by atoms with E-state index in [0.717, 1.165) is 19.4 Å². The van der Waals surface area contributed by atoms with Crippen LogP contribution >= 0.6 is 0 Å². The van der Waals surface area contributed by atoms with Gasteiger partial charge in [0.2, 0.25) is 5.91 Å². The van der Waals surface area contributed by atoms with Crippen molar-refractivity contribution in [2.24, 2.45) is 11.0 Å². The van der Waals surface area contributed by atoms with Crippen molar-refractivity contribution in [1.82, 2.24) is 10.3 Å². The Balaban J connectivity index is 2.26. The van der Waals surface area contributed by atoms with Crippen molar-refractivity contribution in [1.29, 1.82) is 0 Å². The van der Waals surface area contributed by atoms with Gasteiger partial charge in [0.05, 0.1) is 12.5 Å². The van der Waals surface area contributed by atoms with Gasteiger partial charge in [-0.2, -0.15) is 5.10 Å². The molecule has 0 aliphatic carbocycles. The number of hydrogen-bond acceptors (Lipinski definition) is 3. The highest BCUT2D eigenvalue weighted by atomic mass is 16.5. The summed E-state index contributed by atoms with van der Waals surface area (Å²) in [6.45, 7) is 1.29. The zero-order valence-electron chi connectivity index (χ0n) is 8.69. The van der Waals surface area contributed by atoms with Crippen LogP contribution in [0.1, 0.15) is 12.8 Å².